The number of hydrogen-bond acceptors (Lipinski definition) is 1. The molecule has 0 aromatic heterocycles. The van der Waals surface area contributed by atoms with Crippen molar-refractivity contribution in [2.75, 3.05) is 0 Å². The molecule has 0 atom stereocenters. The summed E-state index contributed by atoms with van der Waals surface area (Å²) in [5, 5.41) is 0. The van der Waals surface area contributed by atoms with Crippen LogP contribution in [0.25, 0.3) is 0 Å². The predicted molar refractivity (Wildman–Crippen MR) is 63.3 cm³/mol. The second-order valence-electron chi connectivity index (χ2n) is 5.36. The van der Waals surface area contributed by atoms with Crippen LogP contribution in [0.1, 0.15) is 71.6 Å². The standard InChI is InChI=1S/C13H27N/c1-3-4-5-6-9-13(14)10-7-12(2)8-11-13/h12H,3-11,14H2,1-2H3. The quantitative estimate of drug-likeness (QED) is 0.665. The van der Waals surface area contributed by atoms with Crippen LogP contribution in [0.3, 0.4) is 0 Å². The molecule has 2 N–H and O–H groups in total. The lowest BCUT2D eigenvalue weighted by Gasteiger charge is -2.36. The minimum Gasteiger partial charge on any atom is -0.325 e. The Balaban J connectivity index is 2.15. The fraction of sp³-hybridized carbons (Fsp3) is 1.00. The molecule has 0 unspecified atom stereocenters. The molecule has 0 bridgehead atoms. The van der Waals surface area contributed by atoms with Crippen LogP contribution in [-0.2, 0) is 0 Å². The molecule has 14 heavy (non-hydrogen) atoms. The molecule has 0 heterocycles. The van der Waals surface area contributed by atoms with E-state index in [-0.39, 0.29) is 5.54 Å². The van der Waals surface area contributed by atoms with Gasteiger partial charge in [0.15, 0.2) is 0 Å². The smallest absolute Gasteiger partial charge is 0.0154 e. The van der Waals surface area contributed by atoms with Crippen molar-refractivity contribution < 1.29 is 0 Å². The number of nitrogens with two attached hydrogens (primary N) is 1. The molecule has 1 heteroatoms. The summed E-state index contributed by atoms with van der Waals surface area (Å²) in [7, 11) is 0. The molecule has 1 nitrogen and oxygen atoms in total. The van der Waals surface area contributed by atoms with E-state index in [1.165, 1.54) is 57.8 Å². The highest BCUT2D eigenvalue weighted by Gasteiger charge is 2.29. The van der Waals surface area contributed by atoms with Crippen LogP contribution in [0.15, 0.2) is 0 Å². The fourth-order valence-electron chi connectivity index (χ4n) is 2.49. The Morgan fingerprint density at radius 3 is 2.36 bits per heavy atom. The van der Waals surface area contributed by atoms with Crippen molar-refractivity contribution in [3.8, 4) is 0 Å². The normalized spacial score (nSPS) is 33.2. The maximum Gasteiger partial charge on any atom is 0.0154 e. The average Bonchev–Trinajstić information content (AvgIpc) is 2.18. The monoisotopic (exact) mass is 197 g/mol. The van der Waals surface area contributed by atoms with Crippen molar-refractivity contribution in [2.24, 2.45) is 11.7 Å². The summed E-state index contributed by atoms with van der Waals surface area (Å²) in [5.74, 6) is 0.919. The van der Waals surface area contributed by atoms with Gasteiger partial charge in [-0.3, -0.25) is 0 Å². The Bertz CT molecular complexity index is 145. The van der Waals surface area contributed by atoms with E-state index in [0.29, 0.717) is 0 Å². The first-order chi connectivity index (χ1) is 6.66. The van der Waals surface area contributed by atoms with Gasteiger partial charge in [-0.05, 0) is 38.0 Å². The molecule has 0 aromatic carbocycles. The van der Waals surface area contributed by atoms with E-state index in [4.69, 9.17) is 5.73 Å². The van der Waals surface area contributed by atoms with Gasteiger partial charge >= 0.3 is 0 Å². The van der Waals surface area contributed by atoms with Gasteiger partial charge in [-0.2, -0.15) is 0 Å². The van der Waals surface area contributed by atoms with Crippen LogP contribution < -0.4 is 5.73 Å². The summed E-state index contributed by atoms with van der Waals surface area (Å²) in [5.41, 5.74) is 6.61. The predicted octanol–water partition coefficient (Wildman–Crippen LogP) is 3.86. The molecule has 1 aliphatic rings. The van der Waals surface area contributed by atoms with Crippen LogP contribution in [0.2, 0.25) is 0 Å². The summed E-state index contributed by atoms with van der Waals surface area (Å²) in [6.07, 6.45) is 11.9. The van der Waals surface area contributed by atoms with Crippen molar-refractivity contribution in [1.29, 1.82) is 0 Å². The molecule has 1 fully saturated rings. The van der Waals surface area contributed by atoms with E-state index in [9.17, 15) is 0 Å². The third-order valence-corrected chi connectivity index (χ3v) is 3.80. The highest BCUT2D eigenvalue weighted by atomic mass is 14.7. The summed E-state index contributed by atoms with van der Waals surface area (Å²) in [6, 6.07) is 0. The lowest BCUT2D eigenvalue weighted by Crippen LogP contribution is -2.42. The van der Waals surface area contributed by atoms with E-state index in [1.54, 1.807) is 0 Å². The zero-order valence-electron chi connectivity index (χ0n) is 10.0. The topological polar surface area (TPSA) is 26.0 Å². The summed E-state index contributed by atoms with van der Waals surface area (Å²) in [6.45, 7) is 4.62. The van der Waals surface area contributed by atoms with E-state index >= 15 is 0 Å². The number of unbranched alkanes of at least 4 members (excludes halogenated alkanes) is 3. The molecule has 0 radical (unpaired) electrons. The second-order valence-corrected chi connectivity index (χ2v) is 5.36. The fourth-order valence-corrected chi connectivity index (χ4v) is 2.49. The average molecular weight is 197 g/mol. The molecule has 1 rings (SSSR count). The van der Waals surface area contributed by atoms with Crippen molar-refractivity contribution in [3.63, 3.8) is 0 Å². The van der Waals surface area contributed by atoms with Crippen molar-refractivity contribution in [1.82, 2.24) is 0 Å². The third kappa shape index (κ3) is 4.00. The first kappa shape index (κ1) is 12.0. The minimum absolute atomic E-state index is 0.209. The van der Waals surface area contributed by atoms with Gasteiger partial charge in [0.1, 0.15) is 0 Å². The van der Waals surface area contributed by atoms with Gasteiger partial charge in [0.25, 0.3) is 0 Å². The van der Waals surface area contributed by atoms with Crippen LogP contribution >= 0.6 is 0 Å². The third-order valence-electron chi connectivity index (χ3n) is 3.80. The largest absolute Gasteiger partial charge is 0.325 e. The second kappa shape index (κ2) is 5.75. The van der Waals surface area contributed by atoms with Gasteiger partial charge in [0, 0.05) is 5.54 Å². The first-order valence-electron chi connectivity index (χ1n) is 6.45. The van der Waals surface area contributed by atoms with Crippen LogP contribution in [0, 0.1) is 5.92 Å². The van der Waals surface area contributed by atoms with Gasteiger partial charge in [0.2, 0.25) is 0 Å². The van der Waals surface area contributed by atoms with Crippen molar-refractivity contribution >= 4 is 0 Å². The van der Waals surface area contributed by atoms with Gasteiger partial charge in [-0.1, -0.05) is 39.5 Å². The Kier molecular flexibility index (Phi) is 4.94. The van der Waals surface area contributed by atoms with E-state index in [0.717, 1.165) is 5.92 Å². The highest BCUT2D eigenvalue weighted by Crippen LogP contribution is 2.33. The highest BCUT2D eigenvalue weighted by molar-refractivity contribution is 4.88. The van der Waals surface area contributed by atoms with Gasteiger partial charge in [-0.15, -0.1) is 0 Å². The van der Waals surface area contributed by atoms with Gasteiger partial charge in [0.05, 0.1) is 0 Å². The van der Waals surface area contributed by atoms with Gasteiger partial charge in [-0.25, -0.2) is 0 Å². The molecule has 0 saturated heterocycles. The SMILES string of the molecule is CCCCCCC1(N)CCC(C)CC1. The molecule has 1 aliphatic carbocycles. The van der Waals surface area contributed by atoms with Crippen LogP contribution in [-0.4, -0.2) is 5.54 Å². The van der Waals surface area contributed by atoms with E-state index < -0.39 is 0 Å². The molecule has 1 saturated carbocycles. The molecule has 0 aliphatic heterocycles. The number of rotatable bonds is 5. The minimum atomic E-state index is 0.209. The Hall–Kier alpha value is -0.0400. The molecule has 0 aromatic rings. The molecular weight excluding hydrogens is 170 g/mol. The van der Waals surface area contributed by atoms with Gasteiger partial charge < -0.3 is 5.73 Å². The zero-order valence-corrected chi connectivity index (χ0v) is 10.0. The van der Waals surface area contributed by atoms with E-state index in [1.807, 2.05) is 0 Å². The van der Waals surface area contributed by atoms with Crippen LogP contribution in [0.4, 0.5) is 0 Å². The van der Waals surface area contributed by atoms with Crippen molar-refractivity contribution in [2.45, 2.75) is 77.2 Å². The Labute approximate surface area is 89.5 Å². The zero-order chi connectivity index (χ0) is 10.4. The molecular formula is C13H27N. The first-order valence-corrected chi connectivity index (χ1v) is 6.45. The maximum atomic E-state index is 6.40. The summed E-state index contributed by atoms with van der Waals surface area (Å²) >= 11 is 0. The van der Waals surface area contributed by atoms with Crippen molar-refractivity contribution in [3.05, 3.63) is 0 Å². The molecule has 0 amide bonds. The lowest BCUT2D eigenvalue weighted by atomic mass is 9.75. The lowest BCUT2D eigenvalue weighted by molar-refractivity contribution is 0.226. The Morgan fingerprint density at radius 2 is 1.79 bits per heavy atom. The maximum absolute atomic E-state index is 6.40. The van der Waals surface area contributed by atoms with Crippen LogP contribution in [0.5, 0.6) is 0 Å². The summed E-state index contributed by atoms with van der Waals surface area (Å²) < 4.78 is 0. The molecule has 84 valence electrons. The number of hydrogen-bond donors (Lipinski definition) is 1. The summed E-state index contributed by atoms with van der Waals surface area (Å²) in [4.78, 5) is 0. The van der Waals surface area contributed by atoms with E-state index in [2.05, 4.69) is 13.8 Å². The molecule has 0 spiro atoms. The Morgan fingerprint density at radius 1 is 1.14 bits per heavy atom.